The van der Waals surface area contributed by atoms with Gasteiger partial charge in [0.2, 0.25) is 11.8 Å². The minimum atomic E-state index is -0.705. The highest BCUT2D eigenvalue weighted by Crippen LogP contribution is 1.88. The number of carbonyl (C=O) groups is 3. The Morgan fingerprint density at radius 3 is 2.20 bits per heavy atom. The predicted molar refractivity (Wildman–Crippen MR) is 54.6 cm³/mol. The first-order valence-corrected chi connectivity index (χ1v) is 4.37. The molecule has 0 spiro atoms. The van der Waals surface area contributed by atoms with E-state index in [1.807, 2.05) is 0 Å². The van der Waals surface area contributed by atoms with Gasteiger partial charge in [0.05, 0.1) is 5.70 Å². The zero-order valence-electron chi connectivity index (χ0n) is 9.01. The van der Waals surface area contributed by atoms with Crippen LogP contribution in [0.15, 0.2) is 12.3 Å². The predicted octanol–water partition coefficient (Wildman–Crippen LogP) is -1.11. The molecule has 0 aromatic heterocycles. The maximum absolute atomic E-state index is 11.3. The summed E-state index contributed by atoms with van der Waals surface area (Å²) < 4.78 is 0. The van der Waals surface area contributed by atoms with Crippen LogP contribution < -0.4 is 16.0 Å². The second-order valence-corrected chi connectivity index (χ2v) is 2.97. The van der Waals surface area contributed by atoms with Gasteiger partial charge >= 0.3 is 0 Å². The fourth-order valence-electron chi connectivity index (χ4n) is 0.835. The van der Waals surface area contributed by atoms with Crippen LogP contribution in [-0.4, -0.2) is 30.8 Å². The minimum absolute atomic E-state index is 0.0558. The third-order valence-corrected chi connectivity index (χ3v) is 1.59. The van der Waals surface area contributed by atoms with E-state index in [2.05, 4.69) is 22.5 Å². The molecule has 0 heterocycles. The lowest BCUT2D eigenvalue weighted by molar-refractivity contribution is -0.128. The Morgan fingerprint density at radius 1 is 1.27 bits per heavy atom. The maximum atomic E-state index is 11.3. The smallest absolute Gasteiger partial charge is 0.266 e. The Hall–Kier alpha value is -1.85. The third kappa shape index (κ3) is 4.80. The van der Waals surface area contributed by atoms with Gasteiger partial charge in [0.15, 0.2) is 0 Å². The van der Waals surface area contributed by atoms with Crippen LogP contribution in [0.5, 0.6) is 0 Å². The number of carbonyl (C=O) groups excluding carboxylic acids is 3. The number of hydrogen-bond acceptors (Lipinski definition) is 3. The van der Waals surface area contributed by atoms with E-state index < -0.39 is 17.9 Å². The van der Waals surface area contributed by atoms with Crippen LogP contribution >= 0.6 is 0 Å². The van der Waals surface area contributed by atoms with Crippen molar-refractivity contribution in [3.05, 3.63) is 12.3 Å². The molecule has 0 aliphatic heterocycles. The van der Waals surface area contributed by atoms with Crippen molar-refractivity contribution in [1.29, 1.82) is 0 Å². The average Bonchev–Trinajstić information content (AvgIpc) is 2.15. The van der Waals surface area contributed by atoms with Gasteiger partial charge in [-0.1, -0.05) is 6.58 Å². The second-order valence-electron chi connectivity index (χ2n) is 2.97. The highest BCUT2D eigenvalue weighted by atomic mass is 16.2. The summed E-state index contributed by atoms with van der Waals surface area (Å²) in [4.78, 5) is 33.0. The normalized spacial score (nSPS) is 11.1. The van der Waals surface area contributed by atoms with Crippen LogP contribution in [0, 0.1) is 0 Å². The number of hydrogen-bond donors (Lipinski definition) is 3. The van der Waals surface area contributed by atoms with E-state index in [0.29, 0.717) is 0 Å². The Bertz CT molecular complexity index is 299. The third-order valence-electron chi connectivity index (χ3n) is 1.59. The van der Waals surface area contributed by atoms with Gasteiger partial charge in [-0.3, -0.25) is 14.4 Å². The van der Waals surface area contributed by atoms with Crippen molar-refractivity contribution < 1.29 is 14.4 Å². The molecule has 0 rings (SSSR count). The summed E-state index contributed by atoms with van der Waals surface area (Å²) in [6.07, 6.45) is 0. The van der Waals surface area contributed by atoms with Crippen molar-refractivity contribution >= 4 is 17.7 Å². The van der Waals surface area contributed by atoms with E-state index in [-0.39, 0.29) is 11.6 Å². The quantitative estimate of drug-likeness (QED) is 0.517. The van der Waals surface area contributed by atoms with Gasteiger partial charge in [-0.2, -0.15) is 0 Å². The number of amides is 3. The van der Waals surface area contributed by atoms with Gasteiger partial charge in [-0.05, 0) is 6.92 Å². The monoisotopic (exact) mass is 213 g/mol. The fraction of sp³-hybridized carbons (Fsp3) is 0.444. The molecule has 0 fully saturated rings. The maximum Gasteiger partial charge on any atom is 0.266 e. The first-order chi connectivity index (χ1) is 6.88. The van der Waals surface area contributed by atoms with E-state index in [4.69, 9.17) is 0 Å². The van der Waals surface area contributed by atoms with E-state index in [0.717, 1.165) is 0 Å². The van der Waals surface area contributed by atoms with Gasteiger partial charge in [0, 0.05) is 14.0 Å². The molecule has 3 N–H and O–H groups in total. The molecule has 0 unspecified atom stereocenters. The van der Waals surface area contributed by atoms with Gasteiger partial charge in [-0.15, -0.1) is 0 Å². The molecule has 1 atom stereocenters. The van der Waals surface area contributed by atoms with Crippen molar-refractivity contribution in [3.8, 4) is 0 Å². The number of likely N-dealkylation sites (N-methyl/N-ethyl adjacent to an activating group) is 1. The fourth-order valence-corrected chi connectivity index (χ4v) is 0.835. The molecule has 84 valence electrons. The van der Waals surface area contributed by atoms with Crippen molar-refractivity contribution in [1.82, 2.24) is 16.0 Å². The van der Waals surface area contributed by atoms with Crippen molar-refractivity contribution in [2.24, 2.45) is 0 Å². The summed E-state index contributed by atoms with van der Waals surface area (Å²) in [5.41, 5.74) is -0.0558. The van der Waals surface area contributed by atoms with Gasteiger partial charge in [0.25, 0.3) is 5.91 Å². The first kappa shape index (κ1) is 13.2. The molecule has 0 aromatic rings. The molecule has 0 aliphatic rings. The number of rotatable bonds is 4. The molecule has 6 heteroatoms. The molecule has 15 heavy (non-hydrogen) atoms. The van der Waals surface area contributed by atoms with Crippen LogP contribution in [-0.2, 0) is 14.4 Å². The van der Waals surface area contributed by atoms with E-state index >= 15 is 0 Å². The first-order valence-electron chi connectivity index (χ1n) is 4.37. The van der Waals surface area contributed by atoms with E-state index in [9.17, 15) is 14.4 Å². The Balaban J connectivity index is 4.19. The lowest BCUT2D eigenvalue weighted by Gasteiger charge is -2.13. The molecule has 3 amide bonds. The van der Waals surface area contributed by atoms with Gasteiger partial charge in [0.1, 0.15) is 6.04 Å². The van der Waals surface area contributed by atoms with E-state index in [1.54, 1.807) is 0 Å². The lowest BCUT2D eigenvalue weighted by atomic mass is 10.3. The summed E-state index contributed by atoms with van der Waals surface area (Å²) in [5, 5.41) is 6.97. The molecule has 0 saturated heterocycles. The van der Waals surface area contributed by atoms with Crippen LogP contribution in [0.2, 0.25) is 0 Å². The molecule has 0 saturated carbocycles. The Kier molecular flexibility index (Phi) is 5.08. The lowest BCUT2D eigenvalue weighted by Crippen LogP contribution is -2.45. The SMILES string of the molecule is C=C(NC(=O)[C@H](C)NC(C)=O)C(=O)NC. The highest BCUT2D eigenvalue weighted by molar-refractivity contribution is 5.98. The number of nitrogens with one attached hydrogen (secondary N) is 3. The van der Waals surface area contributed by atoms with Crippen LogP contribution in [0.1, 0.15) is 13.8 Å². The topological polar surface area (TPSA) is 87.3 Å². The van der Waals surface area contributed by atoms with Gasteiger partial charge in [-0.25, -0.2) is 0 Å². The summed E-state index contributed by atoms with van der Waals surface area (Å²) >= 11 is 0. The van der Waals surface area contributed by atoms with E-state index in [1.165, 1.54) is 20.9 Å². The van der Waals surface area contributed by atoms with Crippen molar-refractivity contribution in [2.45, 2.75) is 19.9 Å². The molecular weight excluding hydrogens is 198 g/mol. The summed E-state index contributed by atoms with van der Waals surface area (Å²) in [5.74, 6) is -1.28. The molecule has 6 nitrogen and oxygen atoms in total. The van der Waals surface area contributed by atoms with Crippen molar-refractivity contribution in [3.63, 3.8) is 0 Å². The zero-order chi connectivity index (χ0) is 12.0. The molecule has 0 radical (unpaired) electrons. The minimum Gasteiger partial charge on any atom is -0.354 e. The summed E-state index contributed by atoms with van der Waals surface area (Å²) in [6.45, 7) is 6.18. The Morgan fingerprint density at radius 2 is 1.80 bits per heavy atom. The van der Waals surface area contributed by atoms with Crippen molar-refractivity contribution in [2.75, 3.05) is 7.05 Å². The van der Waals surface area contributed by atoms with Gasteiger partial charge < -0.3 is 16.0 Å². The molecule has 0 bridgehead atoms. The molecular formula is C9H15N3O3. The molecule has 0 aromatic carbocycles. The second kappa shape index (κ2) is 5.79. The summed E-state index contributed by atoms with van der Waals surface area (Å²) in [7, 11) is 1.43. The van der Waals surface area contributed by atoms with Crippen LogP contribution in [0.4, 0.5) is 0 Å². The highest BCUT2D eigenvalue weighted by Gasteiger charge is 2.16. The Labute approximate surface area is 88.1 Å². The average molecular weight is 213 g/mol. The van der Waals surface area contributed by atoms with Crippen LogP contribution in [0.3, 0.4) is 0 Å². The van der Waals surface area contributed by atoms with Crippen LogP contribution in [0.25, 0.3) is 0 Å². The standard InChI is InChI=1S/C9H15N3O3/c1-5(8(14)10-4)12-9(15)6(2)11-7(3)13/h6H,1H2,2-4H3,(H,10,14)(H,11,13)(H,12,15)/t6-/m0/s1. The summed E-state index contributed by atoms with van der Waals surface area (Å²) in [6, 6.07) is -0.705. The largest absolute Gasteiger partial charge is 0.354 e. The zero-order valence-corrected chi connectivity index (χ0v) is 9.01. The molecule has 0 aliphatic carbocycles.